The molecule has 1 saturated carbocycles. The van der Waals surface area contributed by atoms with Gasteiger partial charge in [0.15, 0.2) is 0 Å². The molecule has 1 aliphatic heterocycles. The highest BCUT2D eigenvalue weighted by atomic mass is 35.5. The lowest BCUT2D eigenvalue weighted by molar-refractivity contribution is 0.0974. The molecule has 0 aromatic heterocycles. The van der Waals surface area contributed by atoms with Gasteiger partial charge in [-0.05, 0) is 73.7 Å². The summed E-state index contributed by atoms with van der Waals surface area (Å²) < 4.78 is 6.16. The smallest absolute Gasteiger partial charge is 0.262 e. The number of nitrogens with one attached hydrogen (secondary N) is 1. The molecule has 0 bridgehead atoms. The van der Waals surface area contributed by atoms with E-state index in [0.717, 1.165) is 28.3 Å². The number of carbonyl (C=O) groups excluding carboxylic acids is 1. The molecule has 3 aromatic rings. The molecule has 152 valence electrons. The van der Waals surface area contributed by atoms with Crippen LogP contribution in [0.4, 0.5) is 11.4 Å². The first-order valence-electron chi connectivity index (χ1n) is 10.3. The topological polar surface area (TPSA) is 41.6 Å². The van der Waals surface area contributed by atoms with E-state index >= 15 is 0 Å². The number of benzene rings is 3. The van der Waals surface area contributed by atoms with Crippen LogP contribution >= 0.6 is 11.6 Å². The fourth-order valence-corrected chi connectivity index (χ4v) is 4.05. The molecule has 1 amide bonds. The van der Waals surface area contributed by atoms with Gasteiger partial charge in [-0.3, -0.25) is 9.69 Å². The Morgan fingerprint density at radius 3 is 2.70 bits per heavy atom. The number of para-hydroxylation sites is 1. The Bertz CT molecular complexity index is 1110. The third-order valence-electron chi connectivity index (χ3n) is 5.64. The van der Waals surface area contributed by atoms with Crippen molar-refractivity contribution in [3.05, 3.63) is 88.4 Å². The van der Waals surface area contributed by atoms with Crippen LogP contribution in [0.25, 0.3) is 0 Å². The van der Waals surface area contributed by atoms with Crippen molar-refractivity contribution in [2.45, 2.75) is 25.9 Å². The van der Waals surface area contributed by atoms with Gasteiger partial charge in [0.2, 0.25) is 0 Å². The van der Waals surface area contributed by atoms with Crippen molar-refractivity contribution in [2.75, 3.05) is 16.8 Å². The Morgan fingerprint density at radius 2 is 1.90 bits per heavy atom. The normalized spacial score (nSPS) is 18.0. The lowest BCUT2D eigenvalue weighted by Gasteiger charge is -2.38. The Balaban J connectivity index is 1.63. The highest BCUT2D eigenvalue weighted by Crippen LogP contribution is 2.41. The maximum absolute atomic E-state index is 13.6. The van der Waals surface area contributed by atoms with Crippen molar-refractivity contribution in [1.82, 2.24) is 0 Å². The average Bonchev–Trinajstić information content (AvgIpc) is 3.57. The van der Waals surface area contributed by atoms with Gasteiger partial charge in [0.25, 0.3) is 5.91 Å². The van der Waals surface area contributed by atoms with Crippen LogP contribution < -0.4 is 15.0 Å². The van der Waals surface area contributed by atoms with Gasteiger partial charge < -0.3 is 10.1 Å². The lowest BCUT2D eigenvalue weighted by atomic mass is 10.0. The first-order chi connectivity index (χ1) is 14.6. The third kappa shape index (κ3) is 3.63. The van der Waals surface area contributed by atoms with E-state index in [1.54, 1.807) is 4.90 Å². The predicted octanol–water partition coefficient (Wildman–Crippen LogP) is 6.21. The molecule has 1 atom stereocenters. The largest absolute Gasteiger partial charge is 0.493 e. The first kappa shape index (κ1) is 19.0. The summed E-state index contributed by atoms with van der Waals surface area (Å²) in [6.07, 6.45) is 2.00. The van der Waals surface area contributed by atoms with Crippen LogP contribution in [0.2, 0.25) is 5.02 Å². The van der Waals surface area contributed by atoms with E-state index in [2.05, 4.69) is 5.32 Å². The van der Waals surface area contributed by atoms with Crippen LogP contribution in [0.1, 0.15) is 40.5 Å². The second-order valence-electron chi connectivity index (χ2n) is 8.04. The standard InChI is InChI=1S/C25H23ClN2O2/c1-16-5-4-6-19(13-16)28-24(27-22-8-3-2-7-20(22)25(28)29)21-14-18(26)11-12-23(21)30-15-17-9-10-17/h2-8,11-14,17,24,27H,9-10,15H2,1H3. The monoisotopic (exact) mass is 418 g/mol. The van der Waals surface area contributed by atoms with E-state index in [1.807, 2.05) is 73.7 Å². The van der Waals surface area contributed by atoms with E-state index in [9.17, 15) is 4.79 Å². The third-order valence-corrected chi connectivity index (χ3v) is 5.88. The van der Waals surface area contributed by atoms with Gasteiger partial charge in [0.05, 0.1) is 12.2 Å². The summed E-state index contributed by atoms with van der Waals surface area (Å²) in [6.45, 7) is 2.72. The maximum Gasteiger partial charge on any atom is 0.262 e. The van der Waals surface area contributed by atoms with Crippen LogP contribution in [0, 0.1) is 12.8 Å². The van der Waals surface area contributed by atoms with Crippen LogP contribution in [-0.4, -0.2) is 12.5 Å². The number of hydrogen-bond acceptors (Lipinski definition) is 3. The van der Waals surface area contributed by atoms with Crippen LogP contribution in [0.15, 0.2) is 66.7 Å². The molecule has 5 heteroatoms. The number of anilines is 2. The molecule has 1 heterocycles. The summed E-state index contributed by atoms with van der Waals surface area (Å²) in [5.74, 6) is 1.34. The Kier molecular flexibility index (Phi) is 4.87. The molecule has 5 rings (SSSR count). The number of hydrogen-bond donors (Lipinski definition) is 1. The zero-order valence-corrected chi connectivity index (χ0v) is 17.5. The minimum atomic E-state index is -0.429. The molecule has 2 aliphatic rings. The molecule has 0 radical (unpaired) electrons. The highest BCUT2D eigenvalue weighted by molar-refractivity contribution is 6.30. The number of fused-ring (bicyclic) bond motifs is 1. The fraction of sp³-hybridized carbons (Fsp3) is 0.240. The van der Waals surface area contributed by atoms with Gasteiger partial charge in [0, 0.05) is 22.0 Å². The fourth-order valence-electron chi connectivity index (χ4n) is 3.87. The van der Waals surface area contributed by atoms with Gasteiger partial charge in [0.1, 0.15) is 11.9 Å². The van der Waals surface area contributed by atoms with E-state index in [4.69, 9.17) is 16.3 Å². The number of rotatable bonds is 5. The minimum absolute atomic E-state index is 0.0481. The highest BCUT2D eigenvalue weighted by Gasteiger charge is 2.36. The lowest BCUT2D eigenvalue weighted by Crippen LogP contribution is -2.43. The predicted molar refractivity (Wildman–Crippen MR) is 120 cm³/mol. The van der Waals surface area contributed by atoms with Crippen molar-refractivity contribution < 1.29 is 9.53 Å². The number of halogens is 1. The van der Waals surface area contributed by atoms with Gasteiger partial charge >= 0.3 is 0 Å². The number of nitrogens with zero attached hydrogens (tertiary/aromatic N) is 1. The molecule has 1 fully saturated rings. The number of amides is 1. The number of aryl methyl sites for hydroxylation is 1. The summed E-state index contributed by atoms with van der Waals surface area (Å²) >= 11 is 6.38. The van der Waals surface area contributed by atoms with Gasteiger partial charge in [-0.15, -0.1) is 0 Å². The van der Waals surface area contributed by atoms with Crippen molar-refractivity contribution >= 4 is 28.9 Å². The van der Waals surface area contributed by atoms with Gasteiger partial charge in [-0.25, -0.2) is 0 Å². The van der Waals surface area contributed by atoms with Crippen molar-refractivity contribution in [3.8, 4) is 5.75 Å². The second-order valence-corrected chi connectivity index (χ2v) is 8.48. The molecule has 1 aliphatic carbocycles. The van der Waals surface area contributed by atoms with E-state index < -0.39 is 6.17 Å². The number of carbonyl (C=O) groups is 1. The molecule has 4 nitrogen and oxygen atoms in total. The van der Waals surface area contributed by atoms with E-state index in [-0.39, 0.29) is 5.91 Å². The minimum Gasteiger partial charge on any atom is -0.493 e. The Morgan fingerprint density at radius 1 is 1.07 bits per heavy atom. The summed E-state index contributed by atoms with van der Waals surface area (Å²) in [6, 6.07) is 21.2. The van der Waals surface area contributed by atoms with Crippen LogP contribution in [0.5, 0.6) is 5.75 Å². The van der Waals surface area contributed by atoms with Gasteiger partial charge in [-0.1, -0.05) is 35.9 Å². The average molecular weight is 419 g/mol. The Labute approximate surface area is 181 Å². The second kappa shape index (κ2) is 7.69. The first-order valence-corrected chi connectivity index (χ1v) is 10.7. The zero-order chi connectivity index (χ0) is 20.7. The molecule has 0 saturated heterocycles. The molecular weight excluding hydrogens is 396 g/mol. The van der Waals surface area contributed by atoms with Crippen LogP contribution in [0.3, 0.4) is 0 Å². The molecule has 30 heavy (non-hydrogen) atoms. The molecule has 0 spiro atoms. The van der Waals surface area contributed by atoms with Crippen molar-refractivity contribution in [3.63, 3.8) is 0 Å². The quantitative estimate of drug-likeness (QED) is 0.535. The Hall–Kier alpha value is -2.98. The SMILES string of the molecule is Cc1cccc(N2C(=O)c3ccccc3NC2c2cc(Cl)ccc2OCC2CC2)c1. The van der Waals surface area contributed by atoms with Crippen molar-refractivity contribution in [1.29, 1.82) is 0 Å². The van der Waals surface area contributed by atoms with Crippen molar-refractivity contribution in [2.24, 2.45) is 5.92 Å². The molecule has 3 aromatic carbocycles. The van der Waals surface area contributed by atoms with E-state index in [0.29, 0.717) is 23.1 Å². The summed E-state index contributed by atoms with van der Waals surface area (Å²) in [5.41, 5.74) is 4.24. The van der Waals surface area contributed by atoms with E-state index in [1.165, 1.54) is 12.8 Å². The van der Waals surface area contributed by atoms with Gasteiger partial charge in [-0.2, -0.15) is 0 Å². The summed E-state index contributed by atoms with van der Waals surface area (Å²) in [5, 5.41) is 4.16. The summed E-state index contributed by atoms with van der Waals surface area (Å²) in [4.78, 5) is 15.4. The molecular formula is C25H23ClN2O2. The zero-order valence-electron chi connectivity index (χ0n) is 16.8. The number of ether oxygens (including phenoxy) is 1. The molecule has 1 unspecified atom stereocenters. The van der Waals surface area contributed by atoms with Crippen LogP contribution in [-0.2, 0) is 0 Å². The maximum atomic E-state index is 13.6. The summed E-state index contributed by atoms with van der Waals surface area (Å²) in [7, 11) is 0. The molecule has 1 N–H and O–H groups in total.